The SMILES string of the molecule is COc1ccc(/C=C2\SC(=O)N(c3cccc(Cl)c3)C2=O)c(OC)c1OC. The number of hydrogen-bond donors (Lipinski definition) is 0. The number of rotatable bonds is 5. The summed E-state index contributed by atoms with van der Waals surface area (Å²) in [5.41, 5.74) is 1.01. The van der Waals surface area contributed by atoms with E-state index in [0.29, 0.717) is 33.5 Å². The fourth-order valence-corrected chi connectivity index (χ4v) is 3.70. The Kier molecular flexibility index (Phi) is 5.62. The number of thioether (sulfide) groups is 1. The number of methoxy groups -OCH3 is 3. The summed E-state index contributed by atoms with van der Waals surface area (Å²) in [7, 11) is 4.51. The Balaban J connectivity index is 2.01. The molecule has 0 aliphatic carbocycles. The average molecular weight is 406 g/mol. The molecule has 0 spiro atoms. The molecule has 2 amide bonds. The standard InChI is InChI=1S/C19H16ClNO5S/c1-24-14-8-7-11(16(25-2)17(14)26-3)9-15-18(22)21(19(23)27-15)13-6-4-5-12(20)10-13/h4-10H,1-3H3/b15-9-. The number of halogens is 1. The van der Waals surface area contributed by atoms with Crippen molar-refractivity contribution in [2.75, 3.05) is 26.2 Å². The maximum Gasteiger partial charge on any atom is 0.298 e. The molecule has 2 aromatic carbocycles. The number of carbonyl (C=O) groups excluding carboxylic acids is 2. The number of imide groups is 1. The molecule has 0 aromatic heterocycles. The molecule has 6 nitrogen and oxygen atoms in total. The minimum absolute atomic E-state index is 0.269. The van der Waals surface area contributed by atoms with Crippen LogP contribution in [0.3, 0.4) is 0 Å². The lowest BCUT2D eigenvalue weighted by atomic mass is 10.1. The summed E-state index contributed by atoms with van der Waals surface area (Å²) in [5.74, 6) is 0.886. The number of ether oxygens (including phenoxy) is 3. The van der Waals surface area contributed by atoms with Gasteiger partial charge in [0.05, 0.1) is 31.9 Å². The van der Waals surface area contributed by atoms with Gasteiger partial charge in [-0.15, -0.1) is 0 Å². The zero-order chi connectivity index (χ0) is 19.6. The molecule has 1 aliphatic heterocycles. The van der Waals surface area contributed by atoms with Gasteiger partial charge in [0, 0.05) is 10.6 Å². The van der Waals surface area contributed by atoms with Gasteiger partial charge < -0.3 is 14.2 Å². The van der Waals surface area contributed by atoms with Crippen LogP contribution in [0.2, 0.25) is 5.02 Å². The van der Waals surface area contributed by atoms with Crippen molar-refractivity contribution in [3.8, 4) is 17.2 Å². The summed E-state index contributed by atoms with van der Waals surface area (Å²) in [6, 6.07) is 10.0. The van der Waals surface area contributed by atoms with E-state index in [9.17, 15) is 9.59 Å². The molecule has 1 saturated heterocycles. The summed E-state index contributed by atoms with van der Waals surface area (Å²) in [4.78, 5) is 26.5. The lowest BCUT2D eigenvalue weighted by Crippen LogP contribution is -2.27. The van der Waals surface area contributed by atoms with Crippen LogP contribution in [0.5, 0.6) is 17.2 Å². The van der Waals surface area contributed by atoms with Gasteiger partial charge in [0.25, 0.3) is 11.1 Å². The van der Waals surface area contributed by atoms with Crippen molar-refractivity contribution in [3.63, 3.8) is 0 Å². The minimum Gasteiger partial charge on any atom is -0.493 e. The topological polar surface area (TPSA) is 65.1 Å². The van der Waals surface area contributed by atoms with Crippen molar-refractivity contribution >= 4 is 46.3 Å². The van der Waals surface area contributed by atoms with E-state index in [1.54, 1.807) is 42.5 Å². The van der Waals surface area contributed by atoms with Gasteiger partial charge in [-0.1, -0.05) is 17.7 Å². The van der Waals surface area contributed by atoms with E-state index < -0.39 is 11.1 Å². The molecule has 0 bridgehead atoms. The van der Waals surface area contributed by atoms with Gasteiger partial charge in [0.15, 0.2) is 11.5 Å². The van der Waals surface area contributed by atoms with Gasteiger partial charge in [-0.05, 0) is 48.2 Å². The summed E-state index contributed by atoms with van der Waals surface area (Å²) >= 11 is 6.82. The smallest absolute Gasteiger partial charge is 0.298 e. The molecule has 0 N–H and O–H groups in total. The molecule has 0 unspecified atom stereocenters. The van der Waals surface area contributed by atoms with Crippen LogP contribution in [0.4, 0.5) is 10.5 Å². The zero-order valence-electron chi connectivity index (χ0n) is 14.8. The summed E-state index contributed by atoms with van der Waals surface area (Å²) in [5, 5.41) is 0.0463. The fourth-order valence-electron chi connectivity index (χ4n) is 2.68. The molecule has 1 fully saturated rings. The molecule has 140 valence electrons. The largest absolute Gasteiger partial charge is 0.493 e. The molecule has 1 aliphatic rings. The number of amides is 2. The highest BCUT2D eigenvalue weighted by atomic mass is 35.5. The Labute approximate surface area is 165 Å². The number of hydrogen-bond acceptors (Lipinski definition) is 6. The first-order chi connectivity index (χ1) is 13.0. The Morgan fingerprint density at radius 3 is 2.37 bits per heavy atom. The highest BCUT2D eigenvalue weighted by Gasteiger charge is 2.36. The van der Waals surface area contributed by atoms with Gasteiger partial charge in [-0.3, -0.25) is 9.59 Å². The Hall–Kier alpha value is -2.64. The van der Waals surface area contributed by atoms with E-state index in [0.717, 1.165) is 16.7 Å². The fraction of sp³-hybridized carbons (Fsp3) is 0.158. The molecule has 8 heteroatoms. The average Bonchev–Trinajstić information content (AvgIpc) is 2.94. The van der Waals surface area contributed by atoms with E-state index in [2.05, 4.69) is 0 Å². The van der Waals surface area contributed by atoms with Gasteiger partial charge >= 0.3 is 0 Å². The third-order valence-corrected chi connectivity index (χ3v) is 4.99. The number of anilines is 1. The first-order valence-electron chi connectivity index (χ1n) is 7.82. The second-order valence-corrected chi connectivity index (χ2v) is 6.85. The quantitative estimate of drug-likeness (QED) is 0.677. The van der Waals surface area contributed by atoms with Gasteiger partial charge in [-0.25, -0.2) is 4.90 Å². The van der Waals surface area contributed by atoms with Crippen molar-refractivity contribution in [3.05, 3.63) is 51.9 Å². The maximum atomic E-state index is 12.8. The van der Waals surface area contributed by atoms with Crippen LogP contribution in [-0.2, 0) is 4.79 Å². The van der Waals surface area contributed by atoms with E-state index in [4.69, 9.17) is 25.8 Å². The summed E-state index contributed by atoms with van der Waals surface area (Å²) in [6.07, 6.45) is 1.59. The van der Waals surface area contributed by atoms with E-state index in [1.807, 2.05) is 0 Å². The predicted molar refractivity (Wildman–Crippen MR) is 106 cm³/mol. The monoisotopic (exact) mass is 405 g/mol. The third kappa shape index (κ3) is 3.61. The van der Waals surface area contributed by atoms with Crippen molar-refractivity contribution < 1.29 is 23.8 Å². The molecule has 3 rings (SSSR count). The Morgan fingerprint density at radius 1 is 1.00 bits per heavy atom. The van der Waals surface area contributed by atoms with Crippen LogP contribution in [0.1, 0.15) is 5.56 Å². The lowest BCUT2D eigenvalue weighted by Gasteiger charge is -2.14. The normalized spacial score (nSPS) is 15.4. The van der Waals surface area contributed by atoms with E-state index >= 15 is 0 Å². The predicted octanol–water partition coefficient (Wildman–Crippen LogP) is 4.61. The minimum atomic E-state index is -0.427. The Morgan fingerprint density at radius 2 is 1.74 bits per heavy atom. The molecule has 27 heavy (non-hydrogen) atoms. The van der Waals surface area contributed by atoms with Crippen LogP contribution in [0.15, 0.2) is 41.3 Å². The molecule has 2 aromatic rings. The van der Waals surface area contributed by atoms with Crippen LogP contribution in [-0.4, -0.2) is 32.5 Å². The maximum absolute atomic E-state index is 12.8. The molecule has 0 atom stereocenters. The Bertz CT molecular complexity index is 944. The second-order valence-electron chi connectivity index (χ2n) is 5.42. The third-order valence-electron chi connectivity index (χ3n) is 3.88. The first kappa shape index (κ1) is 19.1. The van der Waals surface area contributed by atoms with Gasteiger partial charge in [0.2, 0.25) is 5.75 Å². The van der Waals surface area contributed by atoms with Gasteiger partial charge in [0.1, 0.15) is 0 Å². The summed E-state index contributed by atoms with van der Waals surface area (Å²) < 4.78 is 16.0. The second kappa shape index (κ2) is 7.94. The lowest BCUT2D eigenvalue weighted by molar-refractivity contribution is -0.113. The number of carbonyl (C=O) groups is 2. The van der Waals surface area contributed by atoms with Crippen molar-refractivity contribution in [1.29, 1.82) is 0 Å². The zero-order valence-corrected chi connectivity index (χ0v) is 16.4. The van der Waals surface area contributed by atoms with Crippen molar-refractivity contribution in [1.82, 2.24) is 0 Å². The van der Waals surface area contributed by atoms with Crippen molar-refractivity contribution in [2.45, 2.75) is 0 Å². The van der Waals surface area contributed by atoms with Crippen LogP contribution in [0.25, 0.3) is 6.08 Å². The van der Waals surface area contributed by atoms with Crippen LogP contribution >= 0.6 is 23.4 Å². The molecule has 0 radical (unpaired) electrons. The highest BCUT2D eigenvalue weighted by molar-refractivity contribution is 8.19. The number of benzene rings is 2. The first-order valence-corrected chi connectivity index (χ1v) is 9.02. The molecular formula is C19H16ClNO5S. The van der Waals surface area contributed by atoms with E-state index in [1.165, 1.54) is 21.3 Å². The van der Waals surface area contributed by atoms with Gasteiger partial charge in [-0.2, -0.15) is 0 Å². The van der Waals surface area contributed by atoms with Crippen molar-refractivity contribution in [2.24, 2.45) is 0 Å². The summed E-state index contributed by atoms with van der Waals surface area (Å²) in [6.45, 7) is 0. The molecular weight excluding hydrogens is 390 g/mol. The number of nitrogens with zero attached hydrogens (tertiary/aromatic N) is 1. The van der Waals surface area contributed by atoms with E-state index in [-0.39, 0.29) is 4.91 Å². The molecule has 0 saturated carbocycles. The van der Waals surface area contributed by atoms with Crippen LogP contribution in [0, 0.1) is 0 Å². The molecule has 1 heterocycles. The highest BCUT2D eigenvalue weighted by Crippen LogP contribution is 2.43. The van der Waals surface area contributed by atoms with Crippen LogP contribution < -0.4 is 19.1 Å².